The summed E-state index contributed by atoms with van der Waals surface area (Å²) in [5.74, 6) is 0.380. The highest BCUT2D eigenvalue weighted by Gasteiger charge is 2.18. The molecule has 0 spiro atoms. The maximum atomic E-state index is 6.58. The number of benzene rings is 1. The molecule has 0 fully saturated rings. The Morgan fingerprint density at radius 2 is 1.95 bits per heavy atom. The first-order valence-electron chi connectivity index (χ1n) is 6.84. The van der Waals surface area contributed by atoms with E-state index in [1.54, 1.807) is 0 Å². The predicted octanol–water partition coefficient (Wildman–Crippen LogP) is 4.37. The van der Waals surface area contributed by atoms with Crippen molar-refractivity contribution in [2.24, 2.45) is 5.92 Å². The molecule has 0 radical (unpaired) electrons. The lowest BCUT2D eigenvalue weighted by atomic mass is 9.96. The Bertz CT molecular complexity index is 519. The number of aromatic nitrogens is 2. The zero-order valence-corrected chi connectivity index (χ0v) is 12.6. The lowest BCUT2D eigenvalue weighted by Gasteiger charge is -2.18. The lowest BCUT2D eigenvalue weighted by molar-refractivity contribution is 0.516. The highest BCUT2D eigenvalue weighted by atomic mass is 35.5. The molecule has 1 heterocycles. The van der Waals surface area contributed by atoms with Crippen molar-refractivity contribution in [3.05, 3.63) is 53.3 Å². The molecule has 0 bridgehead atoms. The van der Waals surface area contributed by atoms with Crippen molar-refractivity contribution in [3.63, 3.8) is 0 Å². The number of aryl methyl sites for hydroxylation is 2. The average Bonchev–Trinajstić information content (AvgIpc) is 2.78. The first kappa shape index (κ1) is 14.1. The smallest absolute Gasteiger partial charge is 0.0614 e. The summed E-state index contributed by atoms with van der Waals surface area (Å²) in [5, 5.41) is 4.53. The van der Waals surface area contributed by atoms with Crippen molar-refractivity contribution in [2.75, 3.05) is 0 Å². The van der Waals surface area contributed by atoms with E-state index in [0.29, 0.717) is 5.92 Å². The number of halogens is 1. The molecule has 1 aromatic carbocycles. The fourth-order valence-electron chi connectivity index (χ4n) is 2.44. The Hall–Kier alpha value is -1.28. The molecule has 2 nitrogen and oxygen atoms in total. The number of hydrogen-bond donors (Lipinski definition) is 0. The van der Waals surface area contributed by atoms with Crippen LogP contribution in [0.1, 0.15) is 36.2 Å². The van der Waals surface area contributed by atoms with E-state index >= 15 is 0 Å². The SMILES string of the molecule is CCn1nc(C)cc1CC(C)C(Cl)c1ccccc1. The summed E-state index contributed by atoms with van der Waals surface area (Å²) in [4.78, 5) is 0. The normalized spacial score (nSPS) is 14.3. The van der Waals surface area contributed by atoms with Gasteiger partial charge in [0.2, 0.25) is 0 Å². The van der Waals surface area contributed by atoms with Gasteiger partial charge in [0, 0.05) is 12.2 Å². The average molecular weight is 277 g/mol. The van der Waals surface area contributed by atoms with Gasteiger partial charge in [0.1, 0.15) is 0 Å². The highest BCUT2D eigenvalue weighted by Crippen LogP contribution is 2.31. The Morgan fingerprint density at radius 3 is 2.58 bits per heavy atom. The molecule has 2 atom stereocenters. The summed E-state index contributed by atoms with van der Waals surface area (Å²) < 4.78 is 2.07. The van der Waals surface area contributed by atoms with Crippen LogP contribution in [-0.2, 0) is 13.0 Å². The third kappa shape index (κ3) is 3.38. The summed E-state index contributed by atoms with van der Waals surface area (Å²) in [6, 6.07) is 12.4. The monoisotopic (exact) mass is 276 g/mol. The molecule has 2 unspecified atom stereocenters. The molecule has 0 amide bonds. The van der Waals surface area contributed by atoms with Crippen LogP contribution in [0.25, 0.3) is 0 Å². The van der Waals surface area contributed by atoms with Crippen LogP contribution in [0.2, 0.25) is 0 Å². The van der Waals surface area contributed by atoms with Gasteiger partial charge >= 0.3 is 0 Å². The lowest BCUT2D eigenvalue weighted by Crippen LogP contribution is -2.11. The summed E-state index contributed by atoms with van der Waals surface area (Å²) in [6.07, 6.45) is 0.956. The molecule has 0 N–H and O–H groups in total. The maximum Gasteiger partial charge on any atom is 0.0614 e. The third-order valence-corrected chi connectivity index (χ3v) is 4.12. The van der Waals surface area contributed by atoms with E-state index in [9.17, 15) is 0 Å². The number of alkyl halides is 1. The van der Waals surface area contributed by atoms with Crippen LogP contribution >= 0.6 is 11.6 Å². The van der Waals surface area contributed by atoms with Gasteiger partial charge < -0.3 is 0 Å². The fraction of sp³-hybridized carbons (Fsp3) is 0.438. The molecule has 0 saturated heterocycles. The van der Waals surface area contributed by atoms with E-state index in [4.69, 9.17) is 11.6 Å². The van der Waals surface area contributed by atoms with Crippen molar-refractivity contribution in [3.8, 4) is 0 Å². The zero-order chi connectivity index (χ0) is 13.8. The molecule has 2 aromatic rings. The Morgan fingerprint density at radius 1 is 1.26 bits per heavy atom. The van der Waals surface area contributed by atoms with E-state index in [-0.39, 0.29) is 5.38 Å². The molecule has 2 rings (SSSR count). The molecular weight excluding hydrogens is 256 g/mol. The third-order valence-electron chi connectivity index (χ3n) is 3.43. The van der Waals surface area contributed by atoms with Crippen LogP contribution in [0.15, 0.2) is 36.4 Å². The molecule has 3 heteroatoms. The van der Waals surface area contributed by atoms with Gasteiger partial charge in [0.25, 0.3) is 0 Å². The van der Waals surface area contributed by atoms with Gasteiger partial charge in [-0.1, -0.05) is 37.3 Å². The topological polar surface area (TPSA) is 17.8 Å². The van der Waals surface area contributed by atoms with Crippen molar-refractivity contribution >= 4 is 11.6 Å². The number of hydrogen-bond acceptors (Lipinski definition) is 1. The fourth-order valence-corrected chi connectivity index (χ4v) is 2.67. The summed E-state index contributed by atoms with van der Waals surface area (Å²) in [7, 11) is 0. The first-order valence-corrected chi connectivity index (χ1v) is 7.27. The number of nitrogens with zero attached hydrogens (tertiary/aromatic N) is 2. The van der Waals surface area contributed by atoms with Gasteiger partial charge in [-0.05, 0) is 37.8 Å². The minimum atomic E-state index is 0.0433. The van der Waals surface area contributed by atoms with Crippen LogP contribution in [0.5, 0.6) is 0 Å². The summed E-state index contributed by atoms with van der Waals surface area (Å²) in [6.45, 7) is 7.27. The maximum absolute atomic E-state index is 6.58. The second kappa shape index (κ2) is 6.25. The molecule has 19 heavy (non-hydrogen) atoms. The van der Waals surface area contributed by atoms with Gasteiger partial charge in [-0.3, -0.25) is 4.68 Å². The summed E-state index contributed by atoms with van der Waals surface area (Å²) >= 11 is 6.58. The van der Waals surface area contributed by atoms with Gasteiger partial charge in [-0.15, -0.1) is 11.6 Å². The number of rotatable bonds is 5. The molecule has 0 saturated carbocycles. The second-order valence-corrected chi connectivity index (χ2v) is 5.56. The summed E-state index contributed by atoms with van der Waals surface area (Å²) in [5.41, 5.74) is 3.54. The minimum Gasteiger partial charge on any atom is -0.270 e. The Balaban J connectivity index is 2.10. The van der Waals surface area contributed by atoms with Gasteiger partial charge in [0.05, 0.1) is 11.1 Å². The highest BCUT2D eigenvalue weighted by molar-refractivity contribution is 6.21. The standard InChI is InChI=1S/C16H21ClN2/c1-4-19-15(11-13(3)18-19)10-12(2)16(17)14-8-6-5-7-9-14/h5-9,11-12,16H,4,10H2,1-3H3. The Labute approximate surface area is 120 Å². The molecule has 102 valence electrons. The van der Waals surface area contributed by atoms with E-state index in [2.05, 4.69) is 41.8 Å². The van der Waals surface area contributed by atoms with Crippen molar-refractivity contribution < 1.29 is 0 Å². The zero-order valence-electron chi connectivity index (χ0n) is 11.8. The van der Waals surface area contributed by atoms with E-state index in [0.717, 1.165) is 18.7 Å². The molecule has 0 aliphatic carbocycles. The van der Waals surface area contributed by atoms with Crippen molar-refractivity contribution in [2.45, 2.75) is 39.1 Å². The van der Waals surface area contributed by atoms with Crippen LogP contribution in [0.4, 0.5) is 0 Å². The quantitative estimate of drug-likeness (QED) is 0.742. The van der Waals surface area contributed by atoms with Gasteiger partial charge in [-0.25, -0.2) is 0 Å². The van der Waals surface area contributed by atoms with Crippen molar-refractivity contribution in [1.29, 1.82) is 0 Å². The van der Waals surface area contributed by atoms with Crippen LogP contribution in [0.3, 0.4) is 0 Å². The largest absolute Gasteiger partial charge is 0.270 e. The molecule has 0 aliphatic heterocycles. The van der Waals surface area contributed by atoms with Gasteiger partial charge in [0.15, 0.2) is 0 Å². The van der Waals surface area contributed by atoms with Crippen LogP contribution in [-0.4, -0.2) is 9.78 Å². The predicted molar refractivity (Wildman–Crippen MR) is 80.5 cm³/mol. The first-order chi connectivity index (χ1) is 9.11. The molecular formula is C16H21ClN2. The van der Waals surface area contributed by atoms with Crippen LogP contribution in [0, 0.1) is 12.8 Å². The second-order valence-electron chi connectivity index (χ2n) is 5.09. The Kier molecular flexibility index (Phi) is 4.65. The van der Waals surface area contributed by atoms with Crippen LogP contribution < -0.4 is 0 Å². The minimum absolute atomic E-state index is 0.0433. The van der Waals surface area contributed by atoms with Crippen molar-refractivity contribution in [1.82, 2.24) is 9.78 Å². The van der Waals surface area contributed by atoms with E-state index in [1.807, 2.05) is 25.1 Å². The van der Waals surface area contributed by atoms with E-state index < -0.39 is 0 Å². The van der Waals surface area contributed by atoms with E-state index in [1.165, 1.54) is 11.3 Å². The molecule has 1 aromatic heterocycles. The van der Waals surface area contributed by atoms with Gasteiger partial charge in [-0.2, -0.15) is 5.10 Å². The molecule has 0 aliphatic rings.